The van der Waals surface area contributed by atoms with Crippen molar-refractivity contribution in [3.8, 4) is 11.5 Å². The van der Waals surface area contributed by atoms with Crippen LogP contribution < -0.4 is 14.8 Å². The average molecular weight is 387 g/mol. The molecular weight excluding hydrogens is 358 g/mol. The number of aliphatic hydroxyl groups excluding tert-OH is 1. The van der Waals surface area contributed by atoms with Gasteiger partial charge in [0.1, 0.15) is 23.3 Å². The molecule has 1 unspecified atom stereocenters. The van der Waals surface area contributed by atoms with Crippen LogP contribution in [-0.2, 0) is 5.54 Å². The first-order chi connectivity index (χ1) is 13.2. The summed E-state index contributed by atoms with van der Waals surface area (Å²) in [5, 5.41) is 18.1. The molecule has 0 saturated heterocycles. The Kier molecular flexibility index (Phi) is 5.65. The smallest absolute Gasteiger partial charge is 0.269 e. The topological polar surface area (TPSA) is 85.6 Å². The van der Waals surface area contributed by atoms with E-state index in [1.54, 1.807) is 30.0 Å². The summed E-state index contributed by atoms with van der Waals surface area (Å²) in [6.45, 7) is 6.10. The Morgan fingerprint density at radius 2 is 2.00 bits per heavy atom. The first kappa shape index (κ1) is 20.2. The number of amides is 1. The maximum Gasteiger partial charge on any atom is 0.269 e. The van der Waals surface area contributed by atoms with Gasteiger partial charge in [-0.3, -0.25) is 9.48 Å². The van der Waals surface area contributed by atoms with Gasteiger partial charge >= 0.3 is 0 Å². The zero-order chi connectivity index (χ0) is 20.5. The van der Waals surface area contributed by atoms with Gasteiger partial charge < -0.3 is 19.9 Å². The lowest BCUT2D eigenvalue weighted by Crippen LogP contribution is -2.34. The van der Waals surface area contributed by atoms with E-state index in [1.807, 2.05) is 26.8 Å². The molecule has 28 heavy (non-hydrogen) atoms. The Bertz CT molecular complexity index is 850. The van der Waals surface area contributed by atoms with E-state index in [0.29, 0.717) is 28.7 Å². The predicted molar refractivity (Wildman–Crippen MR) is 106 cm³/mol. The van der Waals surface area contributed by atoms with E-state index in [0.717, 1.165) is 18.5 Å². The van der Waals surface area contributed by atoms with Crippen molar-refractivity contribution in [2.45, 2.75) is 51.2 Å². The molecule has 1 aliphatic rings. The van der Waals surface area contributed by atoms with Crippen LogP contribution in [0.1, 0.15) is 67.4 Å². The molecular formula is C21H29N3O4. The molecule has 2 aromatic rings. The highest BCUT2D eigenvalue weighted by Gasteiger charge is 2.31. The zero-order valence-electron chi connectivity index (χ0n) is 17.2. The van der Waals surface area contributed by atoms with Crippen LogP contribution in [0.2, 0.25) is 0 Å². The van der Waals surface area contributed by atoms with Crippen LogP contribution in [0.3, 0.4) is 0 Å². The van der Waals surface area contributed by atoms with E-state index in [-0.39, 0.29) is 18.0 Å². The second kappa shape index (κ2) is 7.83. The normalized spacial score (nSPS) is 15.2. The average Bonchev–Trinajstić information content (AvgIpc) is 3.42. The number of hydrogen-bond donors (Lipinski definition) is 2. The summed E-state index contributed by atoms with van der Waals surface area (Å²) in [6.07, 6.45) is 1.32. The molecule has 1 atom stereocenters. The lowest BCUT2D eigenvalue weighted by Gasteiger charge is -2.22. The Hall–Kier alpha value is -2.54. The van der Waals surface area contributed by atoms with Gasteiger partial charge in [0.2, 0.25) is 0 Å². The van der Waals surface area contributed by atoms with Crippen molar-refractivity contribution in [3.63, 3.8) is 0 Å². The van der Waals surface area contributed by atoms with Crippen LogP contribution in [0.25, 0.3) is 0 Å². The minimum atomic E-state index is -0.928. The number of carbonyl (C=O) groups excluding carboxylic acids is 1. The quantitative estimate of drug-likeness (QED) is 0.763. The molecule has 7 nitrogen and oxygen atoms in total. The van der Waals surface area contributed by atoms with E-state index in [4.69, 9.17) is 9.47 Å². The number of aliphatic hydroxyl groups is 1. The van der Waals surface area contributed by atoms with E-state index < -0.39 is 6.10 Å². The molecule has 0 radical (unpaired) electrons. The van der Waals surface area contributed by atoms with Crippen LogP contribution in [0.15, 0.2) is 24.3 Å². The van der Waals surface area contributed by atoms with E-state index in [1.165, 1.54) is 7.11 Å². The minimum absolute atomic E-state index is 0.0520. The van der Waals surface area contributed by atoms with Gasteiger partial charge in [-0.2, -0.15) is 5.10 Å². The number of nitrogens with zero attached hydrogens (tertiary/aromatic N) is 2. The summed E-state index contributed by atoms with van der Waals surface area (Å²) in [6, 6.07) is 7.07. The van der Waals surface area contributed by atoms with Crippen molar-refractivity contribution >= 4 is 5.91 Å². The predicted octanol–water partition coefficient (Wildman–Crippen LogP) is 3.00. The molecule has 1 fully saturated rings. The first-order valence-electron chi connectivity index (χ1n) is 9.53. The van der Waals surface area contributed by atoms with Gasteiger partial charge in [-0.05, 0) is 57.9 Å². The number of carbonyl (C=O) groups is 1. The van der Waals surface area contributed by atoms with E-state index in [2.05, 4.69) is 10.4 Å². The van der Waals surface area contributed by atoms with Crippen LogP contribution in [0.4, 0.5) is 0 Å². The fourth-order valence-electron chi connectivity index (χ4n) is 3.14. The summed E-state index contributed by atoms with van der Waals surface area (Å²) < 4.78 is 12.3. The summed E-state index contributed by atoms with van der Waals surface area (Å²) in [4.78, 5) is 12.8. The molecule has 152 valence electrons. The number of nitrogens with one attached hydrogen (secondary N) is 1. The fourth-order valence-corrected chi connectivity index (χ4v) is 3.14. The molecule has 1 heterocycles. The van der Waals surface area contributed by atoms with E-state index >= 15 is 0 Å². The molecule has 1 aliphatic carbocycles. The van der Waals surface area contributed by atoms with Crippen LogP contribution in [0, 0.1) is 0 Å². The maximum absolute atomic E-state index is 12.8. The van der Waals surface area contributed by atoms with Crippen LogP contribution in [-0.4, -0.2) is 41.6 Å². The third-order valence-electron chi connectivity index (χ3n) is 4.84. The van der Waals surface area contributed by atoms with Crippen LogP contribution in [0.5, 0.6) is 11.5 Å². The lowest BCUT2D eigenvalue weighted by atomic mass is 10.1. The molecule has 1 aromatic heterocycles. The molecule has 0 bridgehead atoms. The highest BCUT2D eigenvalue weighted by molar-refractivity contribution is 5.92. The SMILES string of the molecule is COc1ccc(OC)c(C(O)CNC(=O)c2cc(C3CC3)nn2C(C)(C)C)c1. The van der Waals surface area contributed by atoms with Crippen molar-refractivity contribution in [1.29, 1.82) is 0 Å². The molecule has 3 rings (SSSR count). The van der Waals surface area contributed by atoms with Crippen molar-refractivity contribution in [2.24, 2.45) is 0 Å². The van der Waals surface area contributed by atoms with Crippen molar-refractivity contribution in [3.05, 3.63) is 41.2 Å². The summed E-state index contributed by atoms with van der Waals surface area (Å²) in [5.74, 6) is 1.36. The molecule has 1 aromatic carbocycles. The number of ether oxygens (including phenoxy) is 2. The van der Waals surface area contributed by atoms with Crippen molar-refractivity contribution in [2.75, 3.05) is 20.8 Å². The van der Waals surface area contributed by atoms with Crippen molar-refractivity contribution < 1.29 is 19.4 Å². The number of benzene rings is 1. The number of methoxy groups -OCH3 is 2. The Morgan fingerprint density at radius 3 is 2.57 bits per heavy atom. The lowest BCUT2D eigenvalue weighted by molar-refractivity contribution is 0.0896. The van der Waals surface area contributed by atoms with Gasteiger partial charge in [-0.15, -0.1) is 0 Å². The van der Waals surface area contributed by atoms with E-state index in [9.17, 15) is 9.90 Å². The van der Waals surface area contributed by atoms with Crippen molar-refractivity contribution in [1.82, 2.24) is 15.1 Å². The summed E-state index contributed by atoms with van der Waals surface area (Å²) in [7, 11) is 3.10. The zero-order valence-corrected chi connectivity index (χ0v) is 17.2. The van der Waals surface area contributed by atoms with Gasteiger partial charge in [0.15, 0.2) is 0 Å². The molecule has 0 aliphatic heterocycles. The van der Waals surface area contributed by atoms with Gasteiger partial charge in [0.25, 0.3) is 5.91 Å². The minimum Gasteiger partial charge on any atom is -0.497 e. The van der Waals surface area contributed by atoms with Gasteiger partial charge in [0, 0.05) is 18.0 Å². The number of rotatable bonds is 7. The Morgan fingerprint density at radius 1 is 1.29 bits per heavy atom. The molecule has 1 saturated carbocycles. The molecule has 2 N–H and O–H groups in total. The maximum atomic E-state index is 12.8. The highest BCUT2D eigenvalue weighted by atomic mass is 16.5. The Balaban J connectivity index is 1.75. The monoisotopic (exact) mass is 387 g/mol. The largest absolute Gasteiger partial charge is 0.497 e. The summed E-state index contributed by atoms with van der Waals surface area (Å²) >= 11 is 0. The van der Waals surface area contributed by atoms with Gasteiger partial charge in [0.05, 0.1) is 25.5 Å². The standard InChI is InChI=1S/C21H29N3O4/c1-21(2,3)24-17(11-16(23-24)13-6-7-13)20(26)22-12-18(25)15-10-14(27-4)8-9-19(15)28-5/h8-11,13,18,25H,6-7,12H2,1-5H3,(H,22,26). The molecule has 0 spiro atoms. The molecule has 1 amide bonds. The van der Waals surface area contributed by atoms with Gasteiger partial charge in [-0.1, -0.05) is 0 Å². The fraction of sp³-hybridized carbons (Fsp3) is 0.524. The number of aromatic nitrogens is 2. The third kappa shape index (κ3) is 4.30. The molecule has 7 heteroatoms. The second-order valence-electron chi connectivity index (χ2n) is 8.15. The summed E-state index contributed by atoms with van der Waals surface area (Å²) in [5.41, 5.74) is 1.73. The Labute approximate surface area is 165 Å². The second-order valence-corrected chi connectivity index (χ2v) is 8.15. The van der Waals surface area contributed by atoms with Crippen LogP contribution >= 0.6 is 0 Å². The van der Waals surface area contributed by atoms with Gasteiger partial charge in [-0.25, -0.2) is 0 Å². The first-order valence-corrected chi connectivity index (χ1v) is 9.53. The third-order valence-corrected chi connectivity index (χ3v) is 4.84. The highest BCUT2D eigenvalue weighted by Crippen LogP contribution is 2.40. The number of hydrogen-bond acceptors (Lipinski definition) is 5.